The molecule has 0 amide bonds. The zero-order valence-electron chi connectivity index (χ0n) is 11.3. The fraction of sp³-hybridized carbons (Fsp3) is 0.615. The van der Waals surface area contributed by atoms with E-state index in [1.54, 1.807) is 12.2 Å². The Labute approximate surface area is 120 Å². The molecule has 1 aliphatic carbocycles. The van der Waals surface area contributed by atoms with E-state index in [1.165, 1.54) is 0 Å². The van der Waals surface area contributed by atoms with Crippen LogP contribution in [0.2, 0.25) is 0 Å². The minimum absolute atomic E-state index is 0.406. The summed E-state index contributed by atoms with van der Waals surface area (Å²) in [5.74, 6) is -4.08. The van der Waals surface area contributed by atoms with Crippen molar-refractivity contribution >= 4 is 5.97 Å². The van der Waals surface area contributed by atoms with Crippen molar-refractivity contribution in [3.63, 3.8) is 0 Å². The highest BCUT2D eigenvalue weighted by atomic mass is 16.9. The highest BCUT2D eigenvalue weighted by molar-refractivity contribution is 5.86. The van der Waals surface area contributed by atoms with Crippen molar-refractivity contribution in [3.05, 3.63) is 23.5 Å². The summed E-state index contributed by atoms with van der Waals surface area (Å²) >= 11 is 0. The first-order valence-corrected chi connectivity index (χ1v) is 6.54. The van der Waals surface area contributed by atoms with Gasteiger partial charge in [0.1, 0.15) is 18.8 Å². The highest BCUT2D eigenvalue weighted by Gasteiger charge is 2.45. The Morgan fingerprint density at radius 2 is 2.10 bits per heavy atom. The number of aliphatic hydroxyl groups is 3. The molecular weight excluding hydrogens is 284 g/mol. The Bertz CT molecular complexity index is 457. The molecule has 8 nitrogen and oxygen atoms in total. The molecule has 3 unspecified atom stereocenters. The van der Waals surface area contributed by atoms with Crippen LogP contribution in [-0.4, -0.2) is 64.4 Å². The van der Waals surface area contributed by atoms with Crippen molar-refractivity contribution in [2.45, 2.75) is 31.0 Å². The molecule has 1 aliphatic heterocycles. The largest absolute Gasteiger partial charge is 0.475 e. The fourth-order valence-corrected chi connectivity index (χ4v) is 2.19. The second kappa shape index (κ2) is 6.54. The van der Waals surface area contributed by atoms with Crippen molar-refractivity contribution in [1.82, 2.24) is 0 Å². The third kappa shape index (κ3) is 3.60. The van der Waals surface area contributed by atoms with Gasteiger partial charge in [0.2, 0.25) is 5.76 Å². The number of aliphatic carboxylic acids is 1. The van der Waals surface area contributed by atoms with Crippen molar-refractivity contribution < 1.29 is 39.4 Å². The van der Waals surface area contributed by atoms with E-state index in [4.69, 9.17) is 24.4 Å². The number of rotatable bonds is 5. The molecular formula is C13H18O8. The zero-order chi connectivity index (χ0) is 15.5. The van der Waals surface area contributed by atoms with Gasteiger partial charge < -0.3 is 34.6 Å². The van der Waals surface area contributed by atoms with E-state index in [0.29, 0.717) is 18.4 Å². The Balaban J connectivity index is 2.15. The van der Waals surface area contributed by atoms with Crippen molar-refractivity contribution in [3.8, 4) is 0 Å². The molecule has 0 aromatic carbocycles. The van der Waals surface area contributed by atoms with E-state index in [-0.39, 0.29) is 0 Å². The summed E-state index contributed by atoms with van der Waals surface area (Å²) in [6.07, 6.45) is 2.75. The summed E-state index contributed by atoms with van der Waals surface area (Å²) in [5, 5.41) is 37.6. The van der Waals surface area contributed by atoms with Crippen LogP contribution in [-0.2, 0) is 19.0 Å². The number of allylic oxidation sites excluding steroid dienone is 3. The van der Waals surface area contributed by atoms with Crippen LogP contribution < -0.4 is 0 Å². The first-order chi connectivity index (χ1) is 9.99. The second-order valence-corrected chi connectivity index (χ2v) is 4.79. The predicted octanol–water partition coefficient (Wildman–Crippen LogP) is -0.894. The minimum Gasteiger partial charge on any atom is -0.475 e. The Morgan fingerprint density at radius 1 is 1.38 bits per heavy atom. The summed E-state index contributed by atoms with van der Waals surface area (Å²) in [5.41, 5.74) is 0.435. The van der Waals surface area contributed by atoms with E-state index in [9.17, 15) is 15.0 Å². The highest BCUT2D eigenvalue weighted by Crippen LogP contribution is 2.29. The summed E-state index contributed by atoms with van der Waals surface area (Å²) in [6.45, 7) is -1.41. The van der Waals surface area contributed by atoms with Gasteiger partial charge in [0.25, 0.3) is 0 Å². The van der Waals surface area contributed by atoms with Crippen LogP contribution in [0.15, 0.2) is 23.5 Å². The number of carbonyl (C=O) groups is 1. The normalized spacial score (nSPS) is 34.8. The molecule has 0 saturated carbocycles. The van der Waals surface area contributed by atoms with Gasteiger partial charge in [0.15, 0.2) is 0 Å². The molecule has 0 bridgehead atoms. The van der Waals surface area contributed by atoms with Crippen LogP contribution in [0.5, 0.6) is 0 Å². The first kappa shape index (κ1) is 15.9. The van der Waals surface area contributed by atoms with E-state index >= 15 is 0 Å². The Kier molecular flexibility index (Phi) is 4.96. The summed E-state index contributed by atoms with van der Waals surface area (Å²) in [6, 6.07) is 0. The van der Waals surface area contributed by atoms with Crippen LogP contribution in [0, 0.1) is 0 Å². The summed E-state index contributed by atoms with van der Waals surface area (Å²) in [7, 11) is 0. The molecule has 2 rings (SSSR count). The third-order valence-corrected chi connectivity index (χ3v) is 3.24. The van der Waals surface area contributed by atoms with Crippen molar-refractivity contribution in [2.24, 2.45) is 0 Å². The number of hydrogen-bond donors (Lipinski definition) is 4. The van der Waals surface area contributed by atoms with E-state index in [1.807, 2.05) is 0 Å². The lowest BCUT2D eigenvalue weighted by Crippen LogP contribution is -2.56. The van der Waals surface area contributed by atoms with Gasteiger partial charge in [0.05, 0.1) is 13.2 Å². The number of carboxylic acid groups (broad SMARTS) is 1. The lowest BCUT2D eigenvalue weighted by Gasteiger charge is -2.39. The van der Waals surface area contributed by atoms with Gasteiger partial charge >= 0.3 is 11.9 Å². The molecule has 1 saturated heterocycles. The predicted molar refractivity (Wildman–Crippen MR) is 67.9 cm³/mol. The smallest absolute Gasteiger partial charge is 0.371 e. The molecule has 21 heavy (non-hydrogen) atoms. The average molecular weight is 302 g/mol. The zero-order valence-corrected chi connectivity index (χ0v) is 11.3. The van der Waals surface area contributed by atoms with Gasteiger partial charge in [-0.3, -0.25) is 0 Å². The monoisotopic (exact) mass is 302 g/mol. The molecule has 8 heteroatoms. The van der Waals surface area contributed by atoms with Crippen molar-refractivity contribution in [1.29, 1.82) is 0 Å². The maximum atomic E-state index is 11.3. The van der Waals surface area contributed by atoms with Gasteiger partial charge in [-0.1, -0.05) is 12.2 Å². The van der Waals surface area contributed by atoms with Crippen LogP contribution in [0.25, 0.3) is 0 Å². The summed E-state index contributed by atoms with van der Waals surface area (Å²) in [4.78, 5) is 11.3. The van der Waals surface area contributed by atoms with E-state index < -0.39 is 49.7 Å². The standard InChI is InChI=1S/C13H18O8/c14-5-9-10(6-15)20-13(18,7-19-9)21-11(12(16)17)8-3-1-2-4-8/h1,3,9-10,14-15,18H,2,4-7H2,(H,16,17)/b11-8-. The van der Waals surface area contributed by atoms with Gasteiger partial charge in [-0.15, -0.1) is 0 Å². The van der Waals surface area contributed by atoms with E-state index in [2.05, 4.69) is 0 Å². The van der Waals surface area contributed by atoms with Crippen LogP contribution in [0.1, 0.15) is 12.8 Å². The van der Waals surface area contributed by atoms with Gasteiger partial charge in [0, 0.05) is 5.57 Å². The molecule has 0 aromatic rings. The summed E-state index contributed by atoms with van der Waals surface area (Å²) < 4.78 is 15.4. The SMILES string of the molecule is O=C(O)/C(OC1(O)COC(CO)C(CO)O1)=C1\C=CCC1. The Hall–Kier alpha value is -1.45. The van der Waals surface area contributed by atoms with Crippen LogP contribution in [0.3, 0.4) is 0 Å². The quantitative estimate of drug-likeness (QED) is 0.293. The number of carboxylic acids is 1. The Morgan fingerprint density at radius 3 is 2.62 bits per heavy atom. The molecule has 0 radical (unpaired) electrons. The molecule has 118 valence electrons. The average Bonchev–Trinajstić information content (AvgIpc) is 2.98. The maximum Gasteiger partial charge on any atom is 0.371 e. The second-order valence-electron chi connectivity index (χ2n) is 4.79. The van der Waals surface area contributed by atoms with E-state index in [0.717, 1.165) is 0 Å². The first-order valence-electron chi connectivity index (χ1n) is 6.54. The van der Waals surface area contributed by atoms with Gasteiger partial charge in [-0.2, -0.15) is 0 Å². The maximum absolute atomic E-state index is 11.3. The number of hydrogen-bond acceptors (Lipinski definition) is 7. The van der Waals surface area contributed by atoms with Crippen LogP contribution >= 0.6 is 0 Å². The molecule has 2 aliphatic rings. The topological polar surface area (TPSA) is 126 Å². The van der Waals surface area contributed by atoms with Crippen LogP contribution in [0.4, 0.5) is 0 Å². The van der Waals surface area contributed by atoms with Crippen molar-refractivity contribution in [2.75, 3.05) is 19.8 Å². The molecule has 4 N–H and O–H groups in total. The molecule has 0 spiro atoms. The lowest BCUT2D eigenvalue weighted by molar-refractivity contribution is -0.418. The molecule has 1 heterocycles. The minimum atomic E-state index is -2.32. The van der Waals surface area contributed by atoms with Gasteiger partial charge in [-0.05, 0) is 12.8 Å². The van der Waals surface area contributed by atoms with Gasteiger partial charge in [-0.25, -0.2) is 4.79 Å². The number of ether oxygens (including phenoxy) is 3. The molecule has 1 fully saturated rings. The fourth-order valence-electron chi connectivity index (χ4n) is 2.19. The third-order valence-electron chi connectivity index (χ3n) is 3.24. The molecule has 0 aromatic heterocycles. The molecule has 3 atom stereocenters. The lowest BCUT2D eigenvalue weighted by atomic mass is 10.2. The number of aliphatic hydroxyl groups excluding tert-OH is 2.